The first kappa shape index (κ1) is 16.9. The highest BCUT2D eigenvalue weighted by Crippen LogP contribution is 2.31. The minimum Gasteiger partial charge on any atom is -0.481 e. The van der Waals surface area contributed by atoms with Gasteiger partial charge < -0.3 is 14.6 Å². The van der Waals surface area contributed by atoms with Crippen LogP contribution in [-0.2, 0) is 20.7 Å². The molecule has 0 aliphatic heterocycles. The van der Waals surface area contributed by atoms with Crippen molar-refractivity contribution < 1.29 is 24.2 Å². The van der Waals surface area contributed by atoms with Crippen molar-refractivity contribution in [1.29, 1.82) is 0 Å². The molecule has 1 aromatic rings. The summed E-state index contributed by atoms with van der Waals surface area (Å²) in [6.45, 7) is 3.62. The molecule has 6 heteroatoms. The third kappa shape index (κ3) is 3.93. The molecule has 1 atom stereocenters. The van der Waals surface area contributed by atoms with Gasteiger partial charge in [0.05, 0.1) is 13.7 Å². The van der Waals surface area contributed by atoms with Gasteiger partial charge in [-0.05, 0) is 19.4 Å². The molecule has 1 heterocycles. The Morgan fingerprint density at radius 1 is 1.33 bits per heavy atom. The minimum atomic E-state index is -1.61. The molecule has 0 fully saturated rings. The van der Waals surface area contributed by atoms with Gasteiger partial charge in [-0.15, -0.1) is 0 Å². The number of hydrogen-bond donors (Lipinski definition) is 1. The summed E-state index contributed by atoms with van der Waals surface area (Å²) < 4.78 is 9.99. The monoisotopic (exact) mass is 295 g/mol. The number of esters is 1. The predicted octanol–water partition coefficient (Wildman–Crippen LogP) is 2.07. The van der Waals surface area contributed by atoms with E-state index in [2.05, 4.69) is 4.98 Å². The molecule has 21 heavy (non-hydrogen) atoms. The molecule has 0 saturated heterocycles. The van der Waals surface area contributed by atoms with Crippen LogP contribution in [0.5, 0.6) is 5.88 Å². The minimum absolute atomic E-state index is 0.0216. The second-order valence-electron chi connectivity index (χ2n) is 4.71. The van der Waals surface area contributed by atoms with E-state index in [1.807, 2.05) is 6.92 Å². The number of pyridine rings is 1. The molecule has 0 aliphatic rings. The molecule has 0 amide bonds. The van der Waals surface area contributed by atoms with Crippen LogP contribution in [0.25, 0.3) is 0 Å². The number of carboxylic acids is 1. The van der Waals surface area contributed by atoms with Gasteiger partial charge in [0, 0.05) is 18.2 Å². The molecule has 0 bridgehead atoms. The number of carboxylic acid groups (broad SMARTS) is 1. The van der Waals surface area contributed by atoms with E-state index in [4.69, 9.17) is 9.47 Å². The van der Waals surface area contributed by atoms with Gasteiger partial charge in [0.25, 0.3) is 0 Å². The summed E-state index contributed by atoms with van der Waals surface area (Å²) in [5, 5.41) is 9.58. The summed E-state index contributed by atoms with van der Waals surface area (Å²) in [4.78, 5) is 28.1. The van der Waals surface area contributed by atoms with E-state index in [-0.39, 0.29) is 19.4 Å². The highest BCUT2D eigenvalue weighted by atomic mass is 16.5. The van der Waals surface area contributed by atoms with Crippen LogP contribution in [0.15, 0.2) is 18.2 Å². The first-order chi connectivity index (χ1) is 10.00. The van der Waals surface area contributed by atoms with E-state index in [0.717, 1.165) is 0 Å². The zero-order valence-electron chi connectivity index (χ0n) is 12.6. The molecule has 1 unspecified atom stereocenters. The fourth-order valence-electron chi connectivity index (χ4n) is 2.21. The van der Waals surface area contributed by atoms with Crippen LogP contribution in [0.4, 0.5) is 0 Å². The average molecular weight is 295 g/mol. The smallest absolute Gasteiger partial charge is 0.323 e. The van der Waals surface area contributed by atoms with Crippen LogP contribution in [-0.4, -0.2) is 35.7 Å². The highest BCUT2D eigenvalue weighted by molar-refractivity contribution is 5.99. The fourth-order valence-corrected chi connectivity index (χ4v) is 2.21. The standard InChI is InChI=1S/C15H21NO5/c1-4-9-15(13(17)18,14(19)21-5-2)10-11-7-6-8-12(16-11)20-3/h6-8H,4-5,9-10H2,1-3H3,(H,17,18). The van der Waals surface area contributed by atoms with E-state index >= 15 is 0 Å². The largest absolute Gasteiger partial charge is 0.481 e. The quantitative estimate of drug-likeness (QED) is 0.583. The summed E-state index contributed by atoms with van der Waals surface area (Å²) in [6.07, 6.45) is 0.724. The molecule has 0 spiro atoms. The Morgan fingerprint density at radius 2 is 2.05 bits per heavy atom. The molecule has 116 valence electrons. The number of carbonyl (C=O) groups is 2. The Hall–Kier alpha value is -2.11. The third-order valence-corrected chi connectivity index (χ3v) is 3.23. The average Bonchev–Trinajstić information content (AvgIpc) is 2.46. The van der Waals surface area contributed by atoms with Gasteiger partial charge >= 0.3 is 11.9 Å². The van der Waals surface area contributed by atoms with Crippen LogP contribution < -0.4 is 4.74 Å². The Balaban J connectivity index is 3.16. The maximum atomic E-state index is 12.2. The Kier molecular flexibility index (Phi) is 6.14. The molecule has 1 aromatic heterocycles. The third-order valence-electron chi connectivity index (χ3n) is 3.23. The maximum Gasteiger partial charge on any atom is 0.323 e. The van der Waals surface area contributed by atoms with Gasteiger partial charge in [-0.25, -0.2) is 4.98 Å². The number of ether oxygens (including phenoxy) is 2. The van der Waals surface area contributed by atoms with Gasteiger partial charge in [0.2, 0.25) is 5.88 Å². The lowest BCUT2D eigenvalue weighted by molar-refractivity contribution is -0.169. The first-order valence-electron chi connectivity index (χ1n) is 6.90. The molecule has 1 N–H and O–H groups in total. The predicted molar refractivity (Wildman–Crippen MR) is 76.1 cm³/mol. The fraction of sp³-hybridized carbons (Fsp3) is 0.533. The van der Waals surface area contributed by atoms with Crippen LogP contribution in [0.3, 0.4) is 0 Å². The highest BCUT2D eigenvalue weighted by Gasteiger charge is 2.47. The number of aromatic nitrogens is 1. The molecule has 0 aliphatic carbocycles. The van der Waals surface area contributed by atoms with Gasteiger partial charge in [0.1, 0.15) is 0 Å². The van der Waals surface area contributed by atoms with Crippen molar-refractivity contribution >= 4 is 11.9 Å². The van der Waals surface area contributed by atoms with E-state index in [1.54, 1.807) is 25.1 Å². The van der Waals surface area contributed by atoms with Gasteiger partial charge in [-0.3, -0.25) is 9.59 Å². The number of carbonyl (C=O) groups excluding carboxylic acids is 1. The molecule has 1 rings (SSSR count). The first-order valence-corrected chi connectivity index (χ1v) is 6.90. The van der Waals surface area contributed by atoms with Crippen molar-refractivity contribution in [2.45, 2.75) is 33.1 Å². The van der Waals surface area contributed by atoms with Crippen molar-refractivity contribution in [3.63, 3.8) is 0 Å². The van der Waals surface area contributed by atoms with Crippen molar-refractivity contribution in [2.24, 2.45) is 5.41 Å². The van der Waals surface area contributed by atoms with Crippen LogP contribution in [0, 0.1) is 5.41 Å². The van der Waals surface area contributed by atoms with Crippen LogP contribution in [0.1, 0.15) is 32.4 Å². The number of rotatable bonds is 8. The van der Waals surface area contributed by atoms with E-state index in [1.165, 1.54) is 7.11 Å². The topological polar surface area (TPSA) is 85.7 Å². The SMILES string of the molecule is CCCC(Cc1cccc(OC)n1)(C(=O)O)C(=O)OCC. The zero-order valence-corrected chi connectivity index (χ0v) is 12.6. The lowest BCUT2D eigenvalue weighted by Gasteiger charge is -2.26. The molecule has 0 aromatic carbocycles. The van der Waals surface area contributed by atoms with Gasteiger partial charge in [-0.1, -0.05) is 19.4 Å². The van der Waals surface area contributed by atoms with Crippen molar-refractivity contribution in [3.05, 3.63) is 23.9 Å². The molecular weight excluding hydrogens is 274 g/mol. The van der Waals surface area contributed by atoms with E-state index < -0.39 is 17.4 Å². The molecule has 6 nitrogen and oxygen atoms in total. The lowest BCUT2D eigenvalue weighted by Crippen LogP contribution is -2.43. The summed E-state index contributed by atoms with van der Waals surface area (Å²) >= 11 is 0. The lowest BCUT2D eigenvalue weighted by atomic mass is 9.79. The number of hydrogen-bond acceptors (Lipinski definition) is 5. The summed E-state index contributed by atoms with van der Waals surface area (Å²) in [5.41, 5.74) is -1.12. The zero-order chi connectivity index (χ0) is 15.9. The van der Waals surface area contributed by atoms with Crippen molar-refractivity contribution in [3.8, 4) is 5.88 Å². The Labute approximate surface area is 124 Å². The maximum absolute atomic E-state index is 12.2. The summed E-state index contributed by atoms with van der Waals surface area (Å²) in [5.74, 6) is -1.52. The summed E-state index contributed by atoms with van der Waals surface area (Å²) in [7, 11) is 1.48. The number of methoxy groups -OCH3 is 1. The molecular formula is C15H21NO5. The number of nitrogens with zero attached hydrogens (tertiary/aromatic N) is 1. The summed E-state index contributed by atoms with van der Waals surface area (Å²) in [6, 6.07) is 5.05. The van der Waals surface area contributed by atoms with E-state index in [0.29, 0.717) is 18.0 Å². The Bertz CT molecular complexity index is 503. The van der Waals surface area contributed by atoms with Crippen molar-refractivity contribution in [1.82, 2.24) is 4.98 Å². The second-order valence-corrected chi connectivity index (χ2v) is 4.71. The normalized spacial score (nSPS) is 13.3. The molecule has 0 radical (unpaired) electrons. The second kappa shape index (κ2) is 7.61. The van der Waals surface area contributed by atoms with Crippen LogP contribution >= 0.6 is 0 Å². The van der Waals surface area contributed by atoms with E-state index in [9.17, 15) is 14.7 Å². The number of aliphatic carboxylic acids is 1. The van der Waals surface area contributed by atoms with Crippen LogP contribution in [0.2, 0.25) is 0 Å². The Morgan fingerprint density at radius 3 is 2.57 bits per heavy atom. The molecule has 0 saturated carbocycles. The van der Waals surface area contributed by atoms with Gasteiger partial charge in [0.15, 0.2) is 5.41 Å². The van der Waals surface area contributed by atoms with Gasteiger partial charge in [-0.2, -0.15) is 0 Å². The van der Waals surface area contributed by atoms with Crippen molar-refractivity contribution in [2.75, 3.05) is 13.7 Å².